The van der Waals surface area contributed by atoms with Crippen LogP contribution in [0.1, 0.15) is 26.7 Å². The first-order valence-corrected chi connectivity index (χ1v) is 6.62. The van der Waals surface area contributed by atoms with Gasteiger partial charge in [0.25, 0.3) is 0 Å². The van der Waals surface area contributed by atoms with Crippen molar-refractivity contribution in [1.29, 1.82) is 0 Å². The number of nitrogens with one attached hydrogen (secondary N) is 1. The lowest BCUT2D eigenvalue weighted by Crippen LogP contribution is -2.57. The molecule has 19 heavy (non-hydrogen) atoms. The van der Waals surface area contributed by atoms with Gasteiger partial charge in [0.05, 0.1) is 13.2 Å². The number of piperidine rings is 1. The zero-order valence-electron chi connectivity index (χ0n) is 11.9. The van der Waals surface area contributed by atoms with E-state index in [-0.39, 0.29) is 17.9 Å². The van der Waals surface area contributed by atoms with E-state index >= 15 is 0 Å². The van der Waals surface area contributed by atoms with Crippen molar-refractivity contribution >= 4 is 11.9 Å². The smallest absolute Gasteiger partial charge is 0.326 e. The molecule has 110 valence electrons. The van der Waals surface area contributed by atoms with Crippen LogP contribution in [0.5, 0.6) is 0 Å². The molecule has 1 atom stereocenters. The SMILES string of the molecule is COCCNCC(=O)N1CCCC(C)(C)C1C(=O)O. The molecule has 0 aromatic heterocycles. The first kappa shape index (κ1) is 15.9. The number of carbonyl (C=O) groups is 2. The van der Waals surface area contributed by atoms with Gasteiger partial charge in [0.1, 0.15) is 6.04 Å². The second kappa shape index (κ2) is 6.86. The Labute approximate surface area is 114 Å². The number of nitrogens with zero attached hydrogens (tertiary/aromatic N) is 1. The molecule has 0 aromatic rings. The van der Waals surface area contributed by atoms with Gasteiger partial charge in [-0.1, -0.05) is 13.8 Å². The molecule has 0 saturated carbocycles. The summed E-state index contributed by atoms with van der Waals surface area (Å²) in [5, 5.41) is 12.3. The summed E-state index contributed by atoms with van der Waals surface area (Å²) >= 11 is 0. The van der Waals surface area contributed by atoms with Gasteiger partial charge in [-0.05, 0) is 18.3 Å². The zero-order valence-corrected chi connectivity index (χ0v) is 11.9. The van der Waals surface area contributed by atoms with Crippen LogP contribution in [0.15, 0.2) is 0 Å². The van der Waals surface area contributed by atoms with Crippen LogP contribution >= 0.6 is 0 Å². The summed E-state index contributed by atoms with van der Waals surface area (Å²) in [7, 11) is 1.59. The lowest BCUT2D eigenvalue weighted by Gasteiger charge is -2.44. The Bertz CT molecular complexity index is 331. The number of ether oxygens (including phenoxy) is 1. The summed E-state index contributed by atoms with van der Waals surface area (Å²) in [5.41, 5.74) is -0.383. The van der Waals surface area contributed by atoms with E-state index in [9.17, 15) is 14.7 Å². The number of hydrogen-bond donors (Lipinski definition) is 2. The van der Waals surface area contributed by atoms with E-state index in [4.69, 9.17) is 4.74 Å². The number of carboxylic acid groups (broad SMARTS) is 1. The molecule has 0 bridgehead atoms. The number of likely N-dealkylation sites (tertiary alicyclic amines) is 1. The lowest BCUT2D eigenvalue weighted by atomic mass is 9.76. The molecule has 6 heteroatoms. The normalized spacial score (nSPS) is 22.3. The van der Waals surface area contributed by atoms with E-state index in [1.807, 2.05) is 13.8 Å². The number of carbonyl (C=O) groups excluding carboxylic acids is 1. The number of carboxylic acids is 1. The fourth-order valence-electron chi connectivity index (χ4n) is 2.60. The van der Waals surface area contributed by atoms with Crippen molar-refractivity contribution in [2.75, 3.05) is 33.4 Å². The highest BCUT2D eigenvalue weighted by Gasteiger charge is 2.44. The molecular weight excluding hydrogens is 248 g/mol. The molecule has 1 aliphatic heterocycles. The lowest BCUT2D eigenvalue weighted by molar-refractivity contribution is -0.158. The zero-order chi connectivity index (χ0) is 14.5. The first-order chi connectivity index (χ1) is 8.90. The fraction of sp³-hybridized carbons (Fsp3) is 0.846. The summed E-state index contributed by atoms with van der Waals surface area (Å²) in [6, 6.07) is -0.738. The number of hydrogen-bond acceptors (Lipinski definition) is 4. The quantitative estimate of drug-likeness (QED) is 0.681. The molecule has 0 radical (unpaired) electrons. The Kier molecular flexibility index (Phi) is 5.75. The molecular formula is C13H24N2O4. The Morgan fingerprint density at radius 1 is 1.47 bits per heavy atom. The largest absolute Gasteiger partial charge is 0.480 e. The highest BCUT2D eigenvalue weighted by atomic mass is 16.5. The van der Waals surface area contributed by atoms with Gasteiger partial charge in [-0.3, -0.25) is 4.79 Å². The van der Waals surface area contributed by atoms with Gasteiger partial charge in [0.15, 0.2) is 0 Å². The van der Waals surface area contributed by atoms with Crippen LogP contribution < -0.4 is 5.32 Å². The van der Waals surface area contributed by atoms with Crippen molar-refractivity contribution in [2.24, 2.45) is 5.41 Å². The van der Waals surface area contributed by atoms with Crippen LogP contribution in [0, 0.1) is 5.41 Å². The standard InChI is InChI=1S/C13H24N2O4/c1-13(2)5-4-7-15(11(13)12(17)18)10(16)9-14-6-8-19-3/h11,14H,4-9H2,1-3H3,(H,17,18). The van der Waals surface area contributed by atoms with Crippen LogP contribution in [0.25, 0.3) is 0 Å². The van der Waals surface area contributed by atoms with Crippen LogP contribution in [0.3, 0.4) is 0 Å². The van der Waals surface area contributed by atoms with Crippen molar-refractivity contribution in [3.63, 3.8) is 0 Å². The molecule has 1 fully saturated rings. The monoisotopic (exact) mass is 272 g/mol. The first-order valence-electron chi connectivity index (χ1n) is 6.62. The van der Waals surface area contributed by atoms with Crippen LogP contribution in [0.4, 0.5) is 0 Å². The summed E-state index contributed by atoms with van der Waals surface area (Å²) < 4.78 is 4.88. The fourth-order valence-corrected chi connectivity index (χ4v) is 2.60. The highest BCUT2D eigenvalue weighted by molar-refractivity contribution is 5.85. The number of methoxy groups -OCH3 is 1. The predicted molar refractivity (Wildman–Crippen MR) is 70.9 cm³/mol. The van der Waals surface area contributed by atoms with Gasteiger partial charge in [-0.2, -0.15) is 0 Å². The summed E-state index contributed by atoms with van der Waals surface area (Å²) in [6.45, 7) is 5.60. The summed E-state index contributed by atoms with van der Waals surface area (Å²) in [4.78, 5) is 25.0. The Balaban J connectivity index is 2.62. The maximum Gasteiger partial charge on any atom is 0.326 e. The van der Waals surface area contributed by atoms with E-state index in [1.54, 1.807) is 7.11 Å². The number of aliphatic carboxylic acids is 1. The number of rotatable bonds is 6. The van der Waals surface area contributed by atoms with Gasteiger partial charge in [0, 0.05) is 20.2 Å². The van der Waals surface area contributed by atoms with Gasteiger partial charge >= 0.3 is 5.97 Å². The van der Waals surface area contributed by atoms with Crippen molar-refractivity contribution in [1.82, 2.24) is 10.2 Å². The Morgan fingerprint density at radius 3 is 2.74 bits per heavy atom. The molecule has 0 aromatic carbocycles. The molecule has 6 nitrogen and oxygen atoms in total. The maximum absolute atomic E-state index is 12.1. The van der Waals surface area contributed by atoms with Gasteiger partial charge in [-0.15, -0.1) is 0 Å². The average Bonchev–Trinajstić information content (AvgIpc) is 2.32. The topological polar surface area (TPSA) is 78.9 Å². The minimum atomic E-state index is -0.921. The summed E-state index contributed by atoms with van der Waals surface area (Å²) in [5.74, 6) is -1.08. The van der Waals surface area contributed by atoms with Crippen LogP contribution in [0.2, 0.25) is 0 Å². The predicted octanol–water partition coefficient (Wildman–Crippen LogP) is 0.324. The van der Waals surface area contributed by atoms with Crippen molar-refractivity contribution in [2.45, 2.75) is 32.7 Å². The molecule has 0 spiro atoms. The average molecular weight is 272 g/mol. The molecule has 1 rings (SSSR count). The van der Waals surface area contributed by atoms with Gasteiger partial charge < -0.3 is 20.1 Å². The molecule has 1 amide bonds. The molecule has 1 unspecified atom stereocenters. The highest BCUT2D eigenvalue weighted by Crippen LogP contribution is 2.35. The number of amides is 1. The molecule has 1 aliphatic rings. The molecule has 2 N–H and O–H groups in total. The minimum absolute atomic E-state index is 0.156. The van der Waals surface area contributed by atoms with Crippen LogP contribution in [-0.4, -0.2) is 61.3 Å². The second-order valence-electron chi connectivity index (χ2n) is 5.59. The third-order valence-corrected chi connectivity index (χ3v) is 3.59. The molecule has 1 heterocycles. The summed E-state index contributed by atoms with van der Waals surface area (Å²) in [6.07, 6.45) is 1.67. The molecule has 0 aliphatic carbocycles. The van der Waals surface area contributed by atoms with E-state index in [2.05, 4.69) is 5.32 Å². The van der Waals surface area contributed by atoms with Crippen molar-refractivity contribution in [3.8, 4) is 0 Å². The second-order valence-corrected chi connectivity index (χ2v) is 5.59. The van der Waals surface area contributed by atoms with E-state index in [0.717, 1.165) is 12.8 Å². The van der Waals surface area contributed by atoms with Crippen molar-refractivity contribution in [3.05, 3.63) is 0 Å². The van der Waals surface area contributed by atoms with Gasteiger partial charge in [-0.25, -0.2) is 4.79 Å². The third-order valence-electron chi connectivity index (χ3n) is 3.59. The van der Waals surface area contributed by atoms with E-state index in [0.29, 0.717) is 19.7 Å². The van der Waals surface area contributed by atoms with E-state index in [1.165, 1.54) is 4.90 Å². The third kappa shape index (κ3) is 4.18. The minimum Gasteiger partial charge on any atom is -0.480 e. The molecule has 1 saturated heterocycles. The maximum atomic E-state index is 12.1. The van der Waals surface area contributed by atoms with E-state index < -0.39 is 12.0 Å². The Hall–Kier alpha value is -1.14. The van der Waals surface area contributed by atoms with Crippen molar-refractivity contribution < 1.29 is 19.4 Å². The van der Waals surface area contributed by atoms with Gasteiger partial charge in [0.2, 0.25) is 5.91 Å². The van der Waals surface area contributed by atoms with Crippen LogP contribution in [-0.2, 0) is 14.3 Å². The Morgan fingerprint density at radius 2 is 2.16 bits per heavy atom.